The number of amides is 3. The van der Waals surface area contributed by atoms with E-state index in [1.54, 1.807) is 17.0 Å². The third-order valence-corrected chi connectivity index (χ3v) is 5.30. The van der Waals surface area contributed by atoms with E-state index in [4.69, 9.17) is 4.42 Å². The summed E-state index contributed by atoms with van der Waals surface area (Å²) in [5.41, 5.74) is 3.86. The number of furan rings is 1. The largest absolute Gasteiger partial charge is 0.454 e. The summed E-state index contributed by atoms with van der Waals surface area (Å²) in [4.78, 5) is 27.3. The van der Waals surface area contributed by atoms with Gasteiger partial charge in [-0.3, -0.25) is 4.79 Å². The summed E-state index contributed by atoms with van der Waals surface area (Å²) in [5.74, 6) is 0.446. The molecular formula is C28H27N3O3. The van der Waals surface area contributed by atoms with Crippen LogP contribution in [0.25, 0.3) is 0 Å². The first-order valence-corrected chi connectivity index (χ1v) is 11.1. The predicted octanol–water partition coefficient (Wildman–Crippen LogP) is 5.75. The number of anilines is 1. The maximum absolute atomic E-state index is 13.0. The van der Waals surface area contributed by atoms with E-state index in [9.17, 15) is 9.59 Å². The Kier molecular flexibility index (Phi) is 7.40. The molecule has 1 heterocycles. The average molecular weight is 454 g/mol. The highest BCUT2D eigenvalue weighted by Gasteiger charge is 2.18. The minimum Gasteiger partial charge on any atom is -0.454 e. The van der Waals surface area contributed by atoms with Gasteiger partial charge < -0.3 is 20.0 Å². The number of hydrogen-bond donors (Lipinski definition) is 2. The van der Waals surface area contributed by atoms with Crippen molar-refractivity contribution in [3.05, 3.63) is 125 Å². The van der Waals surface area contributed by atoms with Gasteiger partial charge in [0.05, 0.1) is 6.54 Å². The van der Waals surface area contributed by atoms with Crippen molar-refractivity contribution in [1.29, 1.82) is 0 Å². The highest BCUT2D eigenvalue weighted by atomic mass is 16.4. The molecule has 34 heavy (non-hydrogen) atoms. The van der Waals surface area contributed by atoms with E-state index in [0.29, 0.717) is 24.5 Å². The van der Waals surface area contributed by atoms with Crippen molar-refractivity contribution in [2.24, 2.45) is 0 Å². The Labute approximate surface area is 199 Å². The normalized spacial score (nSPS) is 10.5. The van der Waals surface area contributed by atoms with Crippen molar-refractivity contribution < 1.29 is 14.0 Å². The molecule has 3 aromatic carbocycles. The summed E-state index contributed by atoms with van der Waals surface area (Å²) in [6.45, 7) is 3.04. The molecule has 0 fully saturated rings. The number of benzene rings is 3. The molecule has 1 aromatic heterocycles. The van der Waals surface area contributed by atoms with E-state index in [-0.39, 0.29) is 24.2 Å². The van der Waals surface area contributed by atoms with Gasteiger partial charge in [-0.2, -0.15) is 0 Å². The van der Waals surface area contributed by atoms with Gasteiger partial charge in [-0.1, -0.05) is 78.4 Å². The number of carbonyl (C=O) groups is 2. The maximum atomic E-state index is 13.0. The molecule has 0 aliphatic rings. The SMILES string of the molecule is Cc1cccc(CNC(=O)c2ccc(CN(Cc3ccccc3)C(=O)Nc3ccccc3)o2)c1. The molecule has 4 rings (SSSR count). The van der Waals surface area contributed by atoms with Crippen LogP contribution in [0.5, 0.6) is 0 Å². The number of para-hydroxylation sites is 1. The van der Waals surface area contributed by atoms with Crippen molar-refractivity contribution in [1.82, 2.24) is 10.2 Å². The minimum atomic E-state index is -0.295. The summed E-state index contributed by atoms with van der Waals surface area (Å²) in [5, 5.41) is 5.80. The van der Waals surface area contributed by atoms with E-state index in [2.05, 4.69) is 10.6 Å². The van der Waals surface area contributed by atoms with Gasteiger partial charge in [-0.15, -0.1) is 0 Å². The summed E-state index contributed by atoms with van der Waals surface area (Å²) < 4.78 is 5.79. The number of rotatable bonds is 8. The lowest BCUT2D eigenvalue weighted by atomic mass is 10.1. The van der Waals surface area contributed by atoms with Crippen LogP contribution in [0, 0.1) is 6.92 Å². The number of hydrogen-bond acceptors (Lipinski definition) is 3. The molecule has 0 bridgehead atoms. The third kappa shape index (κ3) is 6.36. The van der Waals surface area contributed by atoms with Gasteiger partial charge in [-0.05, 0) is 42.3 Å². The number of urea groups is 1. The molecule has 0 spiro atoms. The first-order valence-electron chi connectivity index (χ1n) is 11.1. The zero-order valence-electron chi connectivity index (χ0n) is 19.0. The Morgan fingerprint density at radius 1 is 0.794 bits per heavy atom. The van der Waals surface area contributed by atoms with Gasteiger partial charge >= 0.3 is 6.03 Å². The molecule has 6 nitrogen and oxygen atoms in total. The monoisotopic (exact) mass is 453 g/mol. The van der Waals surface area contributed by atoms with E-state index < -0.39 is 0 Å². The summed E-state index contributed by atoms with van der Waals surface area (Å²) in [7, 11) is 0. The van der Waals surface area contributed by atoms with Gasteiger partial charge in [0, 0.05) is 18.8 Å². The molecule has 0 aliphatic carbocycles. The van der Waals surface area contributed by atoms with Crippen molar-refractivity contribution in [3.8, 4) is 0 Å². The Morgan fingerprint density at radius 3 is 2.24 bits per heavy atom. The van der Waals surface area contributed by atoms with E-state index in [1.807, 2.05) is 91.9 Å². The lowest BCUT2D eigenvalue weighted by Gasteiger charge is -2.22. The molecular weight excluding hydrogens is 426 g/mol. The molecule has 0 atom stereocenters. The molecule has 2 N–H and O–H groups in total. The summed E-state index contributed by atoms with van der Waals surface area (Å²) in [6, 6.07) is 30.1. The van der Waals surface area contributed by atoms with Crippen LogP contribution in [0.1, 0.15) is 33.0 Å². The van der Waals surface area contributed by atoms with Crippen LogP contribution in [0.15, 0.2) is 101 Å². The number of carbonyl (C=O) groups excluding carboxylic acids is 2. The highest BCUT2D eigenvalue weighted by Crippen LogP contribution is 2.16. The van der Waals surface area contributed by atoms with Gasteiger partial charge in [0.15, 0.2) is 5.76 Å². The second kappa shape index (κ2) is 11.0. The highest BCUT2D eigenvalue weighted by molar-refractivity contribution is 5.91. The van der Waals surface area contributed by atoms with Crippen molar-refractivity contribution in [2.75, 3.05) is 5.32 Å². The van der Waals surface area contributed by atoms with Crippen molar-refractivity contribution in [2.45, 2.75) is 26.6 Å². The second-order valence-electron chi connectivity index (χ2n) is 8.08. The van der Waals surface area contributed by atoms with E-state index in [1.165, 1.54) is 0 Å². The van der Waals surface area contributed by atoms with Crippen LogP contribution in [0.3, 0.4) is 0 Å². The molecule has 0 radical (unpaired) electrons. The molecule has 172 valence electrons. The first-order chi connectivity index (χ1) is 16.6. The molecule has 0 aliphatic heterocycles. The summed E-state index contributed by atoms with van der Waals surface area (Å²) in [6.07, 6.45) is 0. The Balaban J connectivity index is 1.43. The fourth-order valence-electron chi connectivity index (χ4n) is 3.59. The van der Waals surface area contributed by atoms with Gasteiger partial charge in [-0.25, -0.2) is 4.79 Å². The van der Waals surface area contributed by atoms with Crippen molar-refractivity contribution >= 4 is 17.6 Å². The standard InChI is InChI=1S/C28H27N3O3/c1-21-9-8-12-23(17-21)18-29-27(32)26-16-15-25(34-26)20-31(19-22-10-4-2-5-11-22)28(33)30-24-13-6-3-7-14-24/h2-17H,18-20H2,1H3,(H,29,32)(H,30,33). The zero-order chi connectivity index (χ0) is 23.8. The van der Waals surface area contributed by atoms with Crippen molar-refractivity contribution in [3.63, 3.8) is 0 Å². The predicted molar refractivity (Wildman–Crippen MR) is 132 cm³/mol. The first kappa shape index (κ1) is 22.9. The van der Waals surface area contributed by atoms with Gasteiger partial charge in [0.2, 0.25) is 0 Å². The quantitative estimate of drug-likeness (QED) is 0.357. The molecule has 3 amide bonds. The number of aryl methyl sites for hydroxylation is 1. The fraction of sp³-hybridized carbons (Fsp3) is 0.143. The minimum absolute atomic E-state index is 0.214. The molecule has 0 saturated heterocycles. The Hall–Kier alpha value is -4.32. The van der Waals surface area contributed by atoms with Crippen LogP contribution in [0.2, 0.25) is 0 Å². The van der Waals surface area contributed by atoms with Crippen LogP contribution < -0.4 is 10.6 Å². The average Bonchev–Trinajstić information content (AvgIpc) is 3.32. The Bertz CT molecular complexity index is 1240. The van der Waals surface area contributed by atoms with Gasteiger partial charge in [0.25, 0.3) is 5.91 Å². The maximum Gasteiger partial charge on any atom is 0.322 e. The Morgan fingerprint density at radius 2 is 1.50 bits per heavy atom. The molecule has 0 unspecified atom stereocenters. The van der Waals surface area contributed by atoms with Gasteiger partial charge in [0.1, 0.15) is 5.76 Å². The molecule has 4 aromatic rings. The lowest BCUT2D eigenvalue weighted by molar-refractivity contribution is 0.0920. The molecule has 6 heteroatoms. The molecule has 0 saturated carbocycles. The van der Waals surface area contributed by atoms with Crippen LogP contribution in [-0.4, -0.2) is 16.8 Å². The smallest absolute Gasteiger partial charge is 0.322 e. The topological polar surface area (TPSA) is 74.6 Å². The zero-order valence-corrected chi connectivity index (χ0v) is 19.0. The van der Waals surface area contributed by atoms with E-state index >= 15 is 0 Å². The van der Waals surface area contributed by atoms with Crippen LogP contribution in [0.4, 0.5) is 10.5 Å². The number of nitrogens with zero attached hydrogens (tertiary/aromatic N) is 1. The number of nitrogens with one attached hydrogen (secondary N) is 2. The van der Waals surface area contributed by atoms with Crippen LogP contribution in [-0.2, 0) is 19.6 Å². The lowest BCUT2D eigenvalue weighted by Crippen LogP contribution is -2.34. The second-order valence-corrected chi connectivity index (χ2v) is 8.08. The third-order valence-electron chi connectivity index (χ3n) is 5.30. The summed E-state index contributed by atoms with van der Waals surface area (Å²) >= 11 is 0. The fourth-order valence-corrected chi connectivity index (χ4v) is 3.59. The van der Waals surface area contributed by atoms with E-state index in [0.717, 1.165) is 16.7 Å². The van der Waals surface area contributed by atoms with Crippen LogP contribution >= 0.6 is 0 Å².